The van der Waals surface area contributed by atoms with E-state index < -0.39 is 8.17 Å². The van der Waals surface area contributed by atoms with E-state index in [0.29, 0.717) is 11.5 Å². The predicted molar refractivity (Wildman–Crippen MR) is 76.9 cm³/mol. The normalized spacial score (nSPS) is 9.70. The summed E-state index contributed by atoms with van der Waals surface area (Å²) in [6, 6.07) is 14.0. The second-order valence-corrected chi connectivity index (χ2v) is 4.67. The van der Waals surface area contributed by atoms with Crippen molar-refractivity contribution in [2.24, 2.45) is 0 Å². The van der Waals surface area contributed by atoms with Gasteiger partial charge in [0.25, 0.3) is 0 Å². The molecule has 2 rings (SSSR count). The molecule has 0 amide bonds. The fourth-order valence-electron chi connectivity index (χ4n) is 1.48. The highest BCUT2D eigenvalue weighted by Crippen LogP contribution is 2.32. The highest BCUT2D eigenvalue weighted by atomic mass is 31.1. The smallest absolute Gasteiger partial charge is 0.497 e. The Kier molecular flexibility index (Phi) is 4.80. The minimum atomic E-state index is -1.79. The Labute approximate surface area is 118 Å². The van der Waals surface area contributed by atoms with Crippen LogP contribution in [0.3, 0.4) is 0 Å². The van der Waals surface area contributed by atoms with Gasteiger partial charge in [0, 0.05) is 0 Å². The number of rotatable bonds is 6. The molecule has 0 unspecified atom stereocenters. The molecule has 0 bridgehead atoms. The minimum Gasteiger partial charge on any atom is -0.497 e. The molecule has 0 heterocycles. The second-order valence-electron chi connectivity index (χ2n) is 3.79. The molecule has 104 valence electrons. The van der Waals surface area contributed by atoms with Gasteiger partial charge in [0.15, 0.2) is 11.5 Å². The van der Waals surface area contributed by atoms with Crippen molar-refractivity contribution in [3.05, 3.63) is 48.5 Å². The van der Waals surface area contributed by atoms with Gasteiger partial charge in [0.05, 0.1) is 14.2 Å². The van der Waals surface area contributed by atoms with Crippen LogP contribution in [0.4, 0.5) is 0 Å². The summed E-state index contributed by atoms with van der Waals surface area (Å²) in [5.74, 6) is 2.62. The molecule has 0 aromatic heterocycles. The molecule has 0 radical (unpaired) electrons. The molecule has 0 saturated carbocycles. The first-order valence-corrected chi connectivity index (χ1v) is 7.04. The van der Waals surface area contributed by atoms with Crippen LogP contribution < -0.4 is 18.5 Å². The van der Waals surface area contributed by atoms with Crippen LogP contribution in [0.1, 0.15) is 0 Å². The number of benzene rings is 2. The third-order valence-electron chi connectivity index (χ3n) is 2.50. The highest BCUT2D eigenvalue weighted by Gasteiger charge is 2.18. The Morgan fingerprint density at radius 1 is 0.650 bits per heavy atom. The molecule has 2 aromatic carbocycles. The number of ether oxygens (including phenoxy) is 2. The van der Waals surface area contributed by atoms with Crippen LogP contribution in [-0.4, -0.2) is 14.2 Å². The summed E-state index contributed by atoms with van der Waals surface area (Å²) in [5, 5.41) is 7.80. The lowest BCUT2D eigenvalue weighted by molar-refractivity contribution is 0.413. The maximum Gasteiger partial charge on any atom is 0.664 e. The Bertz CT molecular complexity index is 517. The summed E-state index contributed by atoms with van der Waals surface area (Å²) in [4.78, 5) is 0. The zero-order chi connectivity index (χ0) is 14.4. The number of nitrogens with one attached hydrogen (secondary N) is 1. The zero-order valence-electron chi connectivity index (χ0n) is 11.2. The molecule has 0 aliphatic rings. The molecule has 0 aliphatic heterocycles. The molecular formula is C14H15NO4P+. The fourth-order valence-corrected chi connectivity index (χ4v) is 2.15. The molecule has 0 saturated heterocycles. The molecule has 0 spiro atoms. The first-order chi connectivity index (χ1) is 9.71. The summed E-state index contributed by atoms with van der Waals surface area (Å²) in [6.07, 6.45) is 0. The van der Waals surface area contributed by atoms with Gasteiger partial charge >= 0.3 is 8.17 Å². The average molecular weight is 292 g/mol. The third-order valence-corrected chi connectivity index (χ3v) is 3.25. The summed E-state index contributed by atoms with van der Waals surface area (Å²) in [7, 11) is 1.40. The quantitative estimate of drug-likeness (QED) is 0.809. The highest BCUT2D eigenvalue weighted by molar-refractivity contribution is 7.35. The Balaban J connectivity index is 1.93. The lowest BCUT2D eigenvalue weighted by Gasteiger charge is -2.00. The van der Waals surface area contributed by atoms with Crippen molar-refractivity contribution in [2.45, 2.75) is 0 Å². The monoisotopic (exact) mass is 292 g/mol. The lowest BCUT2D eigenvalue weighted by atomic mass is 10.3. The van der Waals surface area contributed by atoms with Crippen molar-refractivity contribution in [3.8, 4) is 23.0 Å². The second kappa shape index (κ2) is 6.78. The first-order valence-electron chi connectivity index (χ1n) is 5.86. The predicted octanol–water partition coefficient (Wildman–Crippen LogP) is 4.24. The van der Waals surface area contributed by atoms with Crippen LogP contribution in [0.25, 0.3) is 0 Å². The van der Waals surface area contributed by atoms with E-state index in [9.17, 15) is 0 Å². The Morgan fingerprint density at radius 3 is 1.25 bits per heavy atom. The number of methoxy groups -OCH3 is 2. The van der Waals surface area contributed by atoms with E-state index >= 15 is 0 Å². The van der Waals surface area contributed by atoms with Gasteiger partial charge in [0.1, 0.15) is 11.5 Å². The van der Waals surface area contributed by atoms with Gasteiger partial charge in [-0.2, -0.15) is 0 Å². The van der Waals surface area contributed by atoms with Crippen molar-refractivity contribution in [1.29, 1.82) is 5.16 Å². The van der Waals surface area contributed by atoms with Crippen LogP contribution in [0.15, 0.2) is 48.5 Å². The van der Waals surface area contributed by atoms with Crippen molar-refractivity contribution < 1.29 is 18.5 Å². The minimum absolute atomic E-state index is 0.570. The van der Waals surface area contributed by atoms with Crippen LogP contribution in [0.5, 0.6) is 23.0 Å². The Morgan fingerprint density at radius 2 is 0.950 bits per heavy atom. The van der Waals surface area contributed by atoms with Crippen LogP contribution in [0.2, 0.25) is 0 Å². The van der Waals surface area contributed by atoms with Gasteiger partial charge in [-0.15, -0.1) is 0 Å². The molecule has 1 N–H and O–H groups in total. The molecule has 5 nitrogen and oxygen atoms in total. The molecule has 0 fully saturated rings. The van der Waals surface area contributed by atoms with E-state index in [1.807, 2.05) is 0 Å². The first kappa shape index (κ1) is 14.2. The molecule has 0 aliphatic carbocycles. The molecule has 20 heavy (non-hydrogen) atoms. The van der Waals surface area contributed by atoms with Gasteiger partial charge in [0.2, 0.25) is 0 Å². The average Bonchev–Trinajstić information content (AvgIpc) is 2.49. The van der Waals surface area contributed by atoms with E-state index in [0.717, 1.165) is 11.5 Å². The molecule has 6 heteroatoms. The van der Waals surface area contributed by atoms with E-state index in [1.54, 1.807) is 62.8 Å². The SMILES string of the molecule is COc1ccc(O[P+](=N)Oc2ccc(OC)cc2)cc1. The summed E-state index contributed by atoms with van der Waals surface area (Å²) >= 11 is 0. The maximum absolute atomic E-state index is 7.80. The van der Waals surface area contributed by atoms with Crippen LogP contribution in [-0.2, 0) is 0 Å². The standard InChI is InChI=1S/C14H15NO4P/c1-16-11-3-7-13(8-4-11)18-20(15)19-14-9-5-12(17-2)6-10-14/h3-10,15H,1-2H3/q+1. The van der Waals surface area contributed by atoms with Crippen molar-refractivity contribution in [3.63, 3.8) is 0 Å². The maximum atomic E-state index is 7.80. The lowest BCUT2D eigenvalue weighted by Crippen LogP contribution is -1.89. The topological polar surface area (TPSA) is 60.8 Å². The summed E-state index contributed by atoms with van der Waals surface area (Å²) in [5.41, 5.74) is 0. The van der Waals surface area contributed by atoms with Gasteiger partial charge in [-0.25, -0.2) is 9.05 Å². The number of hydrogen-bond donors (Lipinski definition) is 1. The third kappa shape index (κ3) is 3.87. The van der Waals surface area contributed by atoms with Crippen molar-refractivity contribution >= 4 is 8.17 Å². The van der Waals surface area contributed by atoms with E-state index in [2.05, 4.69) is 0 Å². The fraction of sp³-hybridized carbons (Fsp3) is 0.143. The van der Waals surface area contributed by atoms with Crippen molar-refractivity contribution in [1.82, 2.24) is 0 Å². The van der Waals surface area contributed by atoms with E-state index in [4.69, 9.17) is 23.7 Å². The largest absolute Gasteiger partial charge is 0.664 e. The van der Waals surface area contributed by atoms with Gasteiger partial charge in [-0.3, -0.25) is 0 Å². The van der Waals surface area contributed by atoms with E-state index in [1.165, 1.54) is 0 Å². The summed E-state index contributed by atoms with van der Waals surface area (Å²) < 4.78 is 20.9. The molecular weight excluding hydrogens is 277 g/mol. The van der Waals surface area contributed by atoms with Crippen LogP contribution in [0, 0.1) is 5.16 Å². The zero-order valence-corrected chi connectivity index (χ0v) is 12.1. The van der Waals surface area contributed by atoms with Crippen LogP contribution >= 0.6 is 8.17 Å². The van der Waals surface area contributed by atoms with E-state index in [-0.39, 0.29) is 0 Å². The van der Waals surface area contributed by atoms with Gasteiger partial charge in [-0.1, -0.05) is 0 Å². The van der Waals surface area contributed by atoms with Gasteiger partial charge < -0.3 is 9.47 Å². The Hall–Kier alpha value is -2.26. The van der Waals surface area contributed by atoms with Gasteiger partial charge in [-0.05, 0) is 53.7 Å². The van der Waals surface area contributed by atoms with Crippen molar-refractivity contribution in [2.75, 3.05) is 14.2 Å². The molecule has 2 aromatic rings. The number of hydrogen-bond acceptors (Lipinski definition) is 5. The molecule has 0 atom stereocenters. The summed E-state index contributed by atoms with van der Waals surface area (Å²) in [6.45, 7) is 0.